The third kappa shape index (κ3) is 4.02. The number of nitrogens with one attached hydrogen (secondary N) is 1. The monoisotopic (exact) mass is 238 g/mol. The Morgan fingerprint density at radius 2 is 1.76 bits per heavy atom. The topological polar surface area (TPSA) is 72.2 Å². The van der Waals surface area contributed by atoms with Crippen LogP contribution in [0.15, 0.2) is 0 Å². The highest BCUT2D eigenvalue weighted by Crippen LogP contribution is 2.33. The van der Waals surface area contributed by atoms with Crippen molar-refractivity contribution in [2.75, 3.05) is 0 Å². The Balaban J connectivity index is 1.75. The average Bonchev–Trinajstić information content (AvgIpc) is 2.93. The smallest absolute Gasteiger partial charge is 0.240 e. The second-order valence-corrected chi connectivity index (χ2v) is 5.56. The van der Waals surface area contributed by atoms with Crippen molar-refractivity contribution in [1.82, 2.24) is 5.32 Å². The molecule has 3 N–H and O–H groups in total. The lowest BCUT2D eigenvalue weighted by Crippen LogP contribution is -2.45. The first-order valence-electron chi connectivity index (χ1n) is 6.74. The quantitative estimate of drug-likeness (QED) is 0.733. The molecular weight excluding hydrogens is 216 g/mol. The molecule has 0 aliphatic heterocycles. The van der Waals surface area contributed by atoms with Crippen LogP contribution in [0.5, 0.6) is 0 Å². The molecule has 2 fully saturated rings. The van der Waals surface area contributed by atoms with Gasteiger partial charge in [-0.15, -0.1) is 0 Å². The zero-order valence-electron chi connectivity index (χ0n) is 10.3. The van der Waals surface area contributed by atoms with Gasteiger partial charge < -0.3 is 11.1 Å². The van der Waals surface area contributed by atoms with Crippen LogP contribution in [0.4, 0.5) is 0 Å². The lowest BCUT2D eigenvalue weighted by molar-refractivity contribution is -0.128. The normalized spacial score (nSPS) is 22.4. The summed E-state index contributed by atoms with van der Waals surface area (Å²) in [7, 11) is 0. The van der Waals surface area contributed by atoms with E-state index >= 15 is 0 Å². The van der Waals surface area contributed by atoms with Crippen LogP contribution in [-0.2, 0) is 9.59 Å². The Kier molecular flexibility index (Phi) is 4.02. The van der Waals surface area contributed by atoms with E-state index in [2.05, 4.69) is 5.32 Å². The van der Waals surface area contributed by atoms with Gasteiger partial charge in [-0.2, -0.15) is 0 Å². The molecule has 4 heteroatoms. The lowest BCUT2D eigenvalue weighted by atomic mass is 10.0. The molecule has 0 unspecified atom stereocenters. The molecule has 0 radical (unpaired) electrons. The van der Waals surface area contributed by atoms with E-state index in [0.717, 1.165) is 19.3 Å². The zero-order chi connectivity index (χ0) is 12.3. The van der Waals surface area contributed by atoms with Crippen molar-refractivity contribution < 1.29 is 9.59 Å². The van der Waals surface area contributed by atoms with Gasteiger partial charge in [-0.05, 0) is 31.1 Å². The minimum atomic E-state index is -0.448. The molecule has 0 spiro atoms. The number of carbonyl (C=O) groups excluding carboxylic acids is 2. The van der Waals surface area contributed by atoms with Crippen LogP contribution in [-0.4, -0.2) is 17.9 Å². The fourth-order valence-corrected chi connectivity index (χ4v) is 2.66. The van der Waals surface area contributed by atoms with E-state index in [-0.39, 0.29) is 5.91 Å². The lowest BCUT2D eigenvalue weighted by Gasteiger charge is -2.16. The molecule has 0 heterocycles. The van der Waals surface area contributed by atoms with Crippen LogP contribution in [0.3, 0.4) is 0 Å². The van der Waals surface area contributed by atoms with Crippen molar-refractivity contribution in [3.63, 3.8) is 0 Å². The third-order valence-electron chi connectivity index (χ3n) is 3.89. The highest BCUT2D eigenvalue weighted by molar-refractivity contribution is 5.86. The molecule has 2 aliphatic carbocycles. The minimum Gasteiger partial charge on any atom is -0.368 e. The Bertz CT molecular complexity index is 294. The van der Waals surface area contributed by atoms with Gasteiger partial charge in [0, 0.05) is 6.42 Å². The van der Waals surface area contributed by atoms with Crippen molar-refractivity contribution >= 4 is 11.8 Å². The maximum Gasteiger partial charge on any atom is 0.240 e. The number of primary amides is 1. The van der Waals surface area contributed by atoms with Gasteiger partial charge >= 0.3 is 0 Å². The molecule has 96 valence electrons. The van der Waals surface area contributed by atoms with Gasteiger partial charge in [0.05, 0.1) is 0 Å². The van der Waals surface area contributed by atoms with Crippen molar-refractivity contribution in [1.29, 1.82) is 0 Å². The maximum atomic E-state index is 11.8. The van der Waals surface area contributed by atoms with Gasteiger partial charge in [0.25, 0.3) is 0 Å². The van der Waals surface area contributed by atoms with Gasteiger partial charge in [0.1, 0.15) is 6.04 Å². The van der Waals surface area contributed by atoms with Gasteiger partial charge in [-0.25, -0.2) is 0 Å². The molecule has 0 aromatic heterocycles. The van der Waals surface area contributed by atoms with Gasteiger partial charge in [0.15, 0.2) is 0 Å². The first-order chi connectivity index (χ1) is 8.15. The predicted octanol–water partition coefficient (Wildman–Crippen LogP) is 1.34. The molecule has 2 amide bonds. The summed E-state index contributed by atoms with van der Waals surface area (Å²) >= 11 is 0. The van der Waals surface area contributed by atoms with E-state index < -0.39 is 11.9 Å². The molecule has 0 saturated heterocycles. The number of amides is 2. The zero-order valence-corrected chi connectivity index (χ0v) is 10.3. The van der Waals surface area contributed by atoms with Gasteiger partial charge in [-0.1, -0.05) is 25.7 Å². The van der Waals surface area contributed by atoms with Crippen LogP contribution < -0.4 is 11.1 Å². The summed E-state index contributed by atoms with van der Waals surface area (Å²) in [5.74, 6) is 0.724. The number of nitrogens with two attached hydrogens (primary N) is 1. The second-order valence-electron chi connectivity index (χ2n) is 5.56. The first kappa shape index (κ1) is 12.4. The highest BCUT2D eigenvalue weighted by atomic mass is 16.2. The molecule has 0 bridgehead atoms. The van der Waals surface area contributed by atoms with Gasteiger partial charge in [0.2, 0.25) is 11.8 Å². The van der Waals surface area contributed by atoms with Crippen molar-refractivity contribution in [3.05, 3.63) is 0 Å². The van der Waals surface area contributed by atoms with E-state index in [1.54, 1.807) is 0 Å². The average molecular weight is 238 g/mol. The fourth-order valence-electron chi connectivity index (χ4n) is 2.66. The number of hydrogen-bond acceptors (Lipinski definition) is 2. The summed E-state index contributed by atoms with van der Waals surface area (Å²) in [5.41, 5.74) is 5.32. The standard InChI is InChI=1S/C13H22N2O2/c14-13(17)11(7-10-5-6-10)15-12(16)8-9-3-1-2-4-9/h9-11H,1-8H2,(H2,14,17)(H,15,16)/t11-/m0/s1. The van der Waals surface area contributed by atoms with E-state index in [0.29, 0.717) is 18.3 Å². The van der Waals surface area contributed by atoms with Crippen molar-refractivity contribution in [2.24, 2.45) is 17.6 Å². The number of hydrogen-bond donors (Lipinski definition) is 2. The van der Waals surface area contributed by atoms with Gasteiger partial charge in [-0.3, -0.25) is 9.59 Å². The molecule has 2 rings (SSSR count). The van der Waals surface area contributed by atoms with Crippen molar-refractivity contribution in [3.8, 4) is 0 Å². The van der Waals surface area contributed by atoms with E-state index in [1.165, 1.54) is 25.7 Å². The predicted molar refractivity (Wildman–Crippen MR) is 65.0 cm³/mol. The Morgan fingerprint density at radius 1 is 1.12 bits per heavy atom. The molecule has 1 atom stereocenters. The van der Waals surface area contributed by atoms with Crippen molar-refractivity contribution in [2.45, 2.75) is 57.4 Å². The summed E-state index contributed by atoms with van der Waals surface area (Å²) in [6, 6.07) is -0.448. The summed E-state index contributed by atoms with van der Waals surface area (Å²) < 4.78 is 0. The summed E-state index contributed by atoms with van der Waals surface area (Å²) in [4.78, 5) is 23.0. The Morgan fingerprint density at radius 3 is 2.29 bits per heavy atom. The van der Waals surface area contributed by atoms with Crippen LogP contribution in [0.25, 0.3) is 0 Å². The number of rotatable bonds is 6. The SMILES string of the molecule is NC(=O)[C@H](CC1CC1)NC(=O)CC1CCCC1. The minimum absolute atomic E-state index is 0.00125. The Hall–Kier alpha value is -1.06. The fraction of sp³-hybridized carbons (Fsp3) is 0.846. The first-order valence-corrected chi connectivity index (χ1v) is 6.74. The van der Waals surface area contributed by atoms with E-state index in [4.69, 9.17) is 5.73 Å². The summed E-state index contributed by atoms with van der Waals surface area (Å²) in [6.07, 6.45) is 8.40. The molecule has 2 saturated carbocycles. The Labute approximate surface area is 102 Å². The number of carbonyl (C=O) groups is 2. The highest BCUT2D eigenvalue weighted by Gasteiger charge is 2.29. The third-order valence-corrected chi connectivity index (χ3v) is 3.89. The molecular formula is C13H22N2O2. The summed E-state index contributed by atoms with van der Waals surface area (Å²) in [5, 5.41) is 2.80. The summed E-state index contributed by atoms with van der Waals surface area (Å²) in [6.45, 7) is 0. The van der Waals surface area contributed by atoms with Crippen LogP contribution in [0.2, 0.25) is 0 Å². The van der Waals surface area contributed by atoms with E-state index in [1.807, 2.05) is 0 Å². The van der Waals surface area contributed by atoms with Crippen LogP contribution in [0, 0.1) is 11.8 Å². The van der Waals surface area contributed by atoms with E-state index in [9.17, 15) is 9.59 Å². The largest absolute Gasteiger partial charge is 0.368 e. The van der Waals surface area contributed by atoms with Crippen LogP contribution in [0.1, 0.15) is 51.4 Å². The molecule has 0 aromatic carbocycles. The maximum absolute atomic E-state index is 11.8. The molecule has 4 nitrogen and oxygen atoms in total. The van der Waals surface area contributed by atoms with Crippen LogP contribution >= 0.6 is 0 Å². The molecule has 2 aliphatic rings. The second kappa shape index (κ2) is 5.52. The molecule has 17 heavy (non-hydrogen) atoms. The molecule has 0 aromatic rings.